The summed E-state index contributed by atoms with van der Waals surface area (Å²) in [5.74, 6) is -6.42. The highest BCUT2D eigenvalue weighted by Gasteiger charge is 2.66. The maximum Gasteiger partial charge on any atom is 0.407 e. The molecule has 32 nitrogen and oxygen atoms in total. The first-order valence-electron chi connectivity index (χ1n) is 35.8. The van der Waals surface area contributed by atoms with Crippen LogP contribution in [0.15, 0.2) is 91.1 Å². The molecule has 3 aliphatic heterocycles. The van der Waals surface area contributed by atoms with Gasteiger partial charge in [-0.2, -0.15) is 13.5 Å². The Kier molecular flexibility index (Phi) is 23.7. The molecule has 4 aliphatic carbocycles. The number of aliphatic carboxylic acids is 1. The highest BCUT2D eigenvalue weighted by molar-refractivity contribution is 7.85. The van der Waals surface area contributed by atoms with E-state index in [1.807, 2.05) is 54.1 Å². The van der Waals surface area contributed by atoms with Crippen molar-refractivity contribution in [1.29, 1.82) is 0 Å². The predicted octanol–water partition coefficient (Wildman–Crippen LogP) is 6.31. The second-order valence-electron chi connectivity index (χ2n) is 29.5. The molecule has 34 heteroatoms. The number of pyridine rings is 1. The molecule has 0 radical (unpaired) electrons. The molecule has 7 amide bonds. The van der Waals surface area contributed by atoms with E-state index in [0.717, 1.165) is 95.6 Å². The number of hydrogen-bond donors (Lipinski definition) is 10. The summed E-state index contributed by atoms with van der Waals surface area (Å²) in [6.07, 6.45) is 1.83. The summed E-state index contributed by atoms with van der Waals surface area (Å²) >= 11 is 1.40. The number of aryl methyl sites for hydroxylation is 1. The minimum Gasteiger partial charge on any atom is -0.491 e. The largest absolute Gasteiger partial charge is 0.491 e. The lowest BCUT2D eigenvalue weighted by atomic mass is 9.39. The zero-order chi connectivity index (χ0) is 76.9. The van der Waals surface area contributed by atoms with Gasteiger partial charge in [-0.15, -0.1) is 0 Å². The van der Waals surface area contributed by atoms with Gasteiger partial charge in [-0.3, -0.25) is 43.5 Å². The third-order valence-corrected chi connectivity index (χ3v) is 22.3. The van der Waals surface area contributed by atoms with E-state index >= 15 is 0 Å². The third kappa shape index (κ3) is 18.4. The molecule has 0 spiro atoms. The number of carboxylic acids is 2. The van der Waals surface area contributed by atoms with Crippen molar-refractivity contribution in [3.8, 4) is 33.9 Å². The van der Waals surface area contributed by atoms with Crippen molar-refractivity contribution in [2.45, 2.75) is 160 Å². The Labute approximate surface area is 625 Å². The number of aromatic carboxylic acids is 1. The standard InChI is InChI=1S/C74H88N10O22S2/c1-43-49(48-19-20-50(79-59(48)65(92)93)45-16-15-44-11-9-26-82(53(44)31-45)69(96)81-68-80-51-12-6-7-13-55(51)107-68)33-77-84(43)42-73-37-71(2)36-72(3,38-73)40-74(39-71,41-73)104-27-10-23-76-70(97)103-34-46-17-18-47(32-54(46)105-67-62(90)60(88)61(89)63(106-67)66(94)95)102-30-29-101-28-24-75-64(91)52(35-108(98,99)100)78-56(85)14-5-4-8-25-83-57(86)21-22-58(83)87/h6-7,12-13,15-22,31-33,52,60-63,67,88-90H,4-5,8-11,14,23-30,34-42H2,1-3H3,(H,75,91)(H,76,97)(H,78,85)(H,92,93)(H,94,95)(H,80,81,96)(H,98,99,100)/t52-,60-,61-,62+,63-,67+,71?,72?,73?,74?/m0/s1. The Morgan fingerprint density at radius 3 is 2.31 bits per heavy atom. The van der Waals surface area contributed by atoms with Crippen molar-refractivity contribution in [1.82, 2.24) is 40.6 Å². The molecule has 13 rings (SSSR count). The number of aliphatic hydroxyl groups excluding tert-OH is 3. The molecule has 2 unspecified atom stereocenters. The number of carbonyl (C=O) groups is 8. The Bertz CT molecular complexity index is 4500. The van der Waals surface area contributed by atoms with Crippen LogP contribution in [0.1, 0.15) is 118 Å². The van der Waals surface area contributed by atoms with Crippen LogP contribution in [0, 0.1) is 23.2 Å². The lowest BCUT2D eigenvalue weighted by molar-refractivity contribution is -0.271. The molecule has 4 saturated carbocycles. The van der Waals surface area contributed by atoms with Crippen LogP contribution < -0.4 is 35.6 Å². The number of anilines is 2. The molecule has 6 aromatic rings. The molecular weight excluding hydrogens is 1440 g/mol. The molecule has 3 aromatic heterocycles. The van der Waals surface area contributed by atoms with Gasteiger partial charge in [0.2, 0.25) is 18.1 Å². The number of urea groups is 1. The monoisotopic (exact) mass is 1530 g/mol. The molecule has 8 atom stereocenters. The summed E-state index contributed by atoms with van der Waals surface area (Å²) in [6.45, 7) is 7.41. The zero-order valence-corrected chi connectivity index (χ0v) is 61.4. The average molecular weight is 1530 g/mol. The minimum absolute atomic E-state index is 0.0353. The maximum atomic E-state index is 13.8. The summed E-state index contributed by atoms with van der Waals surface area (Å²) < 4.78 is 71.2. The topological polar surface area (TPSA) is 446 Å². The van der Waals surface area contributed by atoms with Crippen molar-refractivity contribution in [2.75, 3.05) is 68.6 Å². The summed E-state index contributed by atoms with van der Waals surface area (Å²) in [4.78, 5) is 113. The van der Waals surface area contributed by atoms with Crippen LogP contribution >= 0.6 is 11.3 Å². The van der Waals surface area contributed by atoms with Crippen molar-refractivity contribution in [3.63, 3.8) is 0 Å². The van der Waals surface area contributed by atoms with Crippen LogP contribution in [-0.2, 0) is 72.6 Å². The number of fused-ring (bicyclic) bond motifs is 2. The number of unbranched alkanes of at least 4 members (excludes halogenated alkanes) is 2. The van der Waals surface area contributed by atoms with E-state index in [4.69, 9.17) is 38.5 Å². The number of benzene rings is 3. The van der Waals surface area contributed by atoms with Crippen LogP contribution in [0.4, 0.5) is 20.4 Å². The Hall–Kier alpha value is -9.52. The highest BCUT2D eigenvalue weighted by atomic mass is 32.2. The SMILES string of the molecule is Cc1c(-c2ccc(-c3ccc4c(c3)N(C(=O)Nc3nc5ccccc5s3)CCC4)nc2C(=O)O)cnn1CC12CC3(C)CC(C)(C1)CC(OCCCNC(=O)OCc1ccc(OCCOCCNC(=O)[C@H](CS(=O)(=O)O)NC(=O)CCCCCN4C(=O)C=CC4=O)cc1O[C@@H]1O[C@H](C(=O)O)[C@@H](O)[C@H](O)[C@H]1O)(C3)C2. The number of carbonyl (C=O) groups excluding carboxylic acids is 6. The van der Waals surface area contributed by atoms with Gasteiger partial charge < -0.3 is 69.9 Å². The van der Waals surface area contributed by atoms with Gasteiger partial charge in [0.25, 0.3) is 21.9 Å². The fourth-order valence-electron chi connectivity index (χ4n) is 17.0. The minimum atomic E-state index is -4.72. The van der Waals surface area contributed by atoms with Crippen molar-refractivity contribution in [2.24, 2.45) is 16.2 Å². The van der Waals surface area contributed by atoms with E-state index in [9.17, 15) is 76.9 Å². The van der Waals surface area contributed by atoms with Gasteiger partial charge in [-0.1, -0.05) is 55.9 Å². The van der Waals surface area contributed by atoms with E-state index < -0.39 is 106 Å². The third-order valence-electron chi connectivity index (χ3n) is 20.6. The van der Waals surface area contributed by atoms with Crippen LogP contribution in [0.5, 0.6) is 11.5 Å². The van der Waals surface area contributed by atoms with Gasteiger partial charge in [-0.05, 0) is 142 Å². The lowest BCUT2D eigenvalue weighted by Crippen LogP contribution is -2.64. The number of amides is 7. The second-order valence-corrected chi connectivity index (χ2v) is 32.0. The Morgan fingerprint density at radius 1 is 0.796 bits per heavy atom. The first kappa shape index (κ1) is 78.1. The number of alkyl carbamates (subject to hydrolysis) is 1. The molecule has 3 aromatic carbocycles. The molecule has 578 valence electrons. The van der Waals surface area contributed by atoms with Gasteiger partial charge in [-0.25, -0.2) is 29.1 Å². The number of ether oxygens (including phenoxy) is 6. The molecule has 7 aliphatic rings. The van der Waals surface area contributed by atoms with E-state index in [2.05, 4.69) is 40.1 Å². The van der Waals surface area contributed by atoms with Crippen LogP contribution in [0.2, 0.25) is 0 Å². The van der Waals surface area contributed by atoms with Crippen molar-refractivity contribution >= 4 is 90.2 Å². The number of imide groups is 1. The number of hydrogen-bond acceptors (Lipinski definition) is 23. The number of aliphatic hydroxyl groups is 3. The number of carboxylic acid groups (broad SMARTS) is 2. The zero-order valence-electron chi connectivity index (χ0n) is 59.8. The summed E-state index contributed by atoms with van der Waals surface area (Å²) in [5.41, 5.74) is 4.81. The Morgan fingerprint density at radius 2 is 1.56 bits per heavy atom. The number of para-hydroxylation sites is 1. The predicted molar refractivity (Wildman–Crippen MR) is 388 cm³/mol. The number of thiazole rings is 1. The van der Waals surface area contributed by atoms with Crippen LogP contribution in [-0.4, -0.2) is 212 Å². The van der Waals surface area contributed by atoms with E-state index in [1.54, 1.807) is 23.2 Å². The van der Waals surface area contributed by atoms with E-state index in [0.29, 0.717) is 72.9 Å². The van der Waals surface area contributed by atoms with Crippen LogP contribution in [0.25, 0.3) is 32.6 Å². The molecule has 1 saturated heterocycles. The molecule has 10 N–H and O–H groups in total. The number of aromatic nitrogens is 4. The Balaban J connectivity index is 0.622. The normalized spacial score (nSPS) is 24.5. The fourth-order valence-corrected chi connectivity index (χ4v) is 18.5. The van der Waals surface area contributed by atoms with Gasteiger partial charge in [0.1, 0.15) is 54.8 Å². The van der Waals surface area contributed by atoms with Gasteiger partial charge >= 0.3 is 24.1 Å². The van der Waals surface area contributed by atoms with Crippen molar-refractivity contribution in [3.05, 3.63) is 114 Å². The first-order valence-corrected chi connectivity index (χ1v) is 38.3. The first-order chi connectivity index (χ1) is 51.5. The summed E-state index contributed by atoms with van der Waals surface area (Å²) in [5, 5.41) is 68.1. The van der Waals surface area contributed by atoms with E-state index in [-0.39, 0.29) is 90.9 Å². The number of nitrogens with one attached hydrogen (secondary N) is 4. The number of nitrogens with zero attached hydrogens (tertiary/aromatic N) is 6. The second kappa shape index (κ2) is 32.7. The number of rotatable bonds is 33. The summed E-state index contributed by atoms with van der Waals surface area (Å²) in [6, 6.07) is 19.3. The van der Waals surface area contributed by atoms with Crippen LogP contribution in [0.3, 0.4) is 0 Å². The van der Waals surface area contributed by atoms with Gasteiger partial charge in [0, 0.05) is 97.6 Å². The molecule has 6 heterocycles. The molecular formula is C74H88N10O22S2. The average Bonchev–Trinajstić information content (AvgIpc) is 0.714. The highest BCUT2D eigenvalue weighted by Crippen LogP contribution is 2.72. The quantitative estimate of drug-likeness (QED) is 0.0123. The fraction of sp³-hybridized carbons (Fsp3) is 0.500. The van der Waals surface area contributed by atoms with Gasteiger partial charge in [0.15, 0.2) is 16.9 Å². The smallest absolute Gasteiger partial charge is 0.407 e. The summed E-state index contributed by atoms with van der Waals surface area (Å²) in [7, 11) is -4.72. The molecule has 5 fully saturated rings. The lowest BCUT2D eigenvalue weighted by Gasteiger charge is -2.69. The molecule has 4 bridgehead atoms. The molecule has 108 heavy (non-hydrogen) atoms. The maximum absolute atomic E-state index is 13.8. The van der Waals surface area contributed by atoms with E-state index in [1.165, 1.54) is 29.5 Å². The van der Waals surface area contributed by atoms with Gasteiger partial charge in [0.05, 0.1) is 40.9 Å². The van der Waals surface area contributed by atoms with Crippen molar-refractivity contribution < 1.29 is 105 Å².